The maximum atomic E-state index is 14.7. The van der Waals surface area contributed by atoms with Crippen molar-refractivity contribution in [1.82, 2.24) is 34.3 Å². The van der Waals surface area contributed by atoms with E-state index < -0.39 is 0 Å². The van der Waals surface area contributed by atoms with Crippen molar-refractivity contribution in [2.75, 3.05) is 24.5 Å². The smallest absolute Gasteiger partial charge is 0.233 e. The molecular formula is C33H49N9O. The largest absolute Gasteiger partial charge is 0.355 e. The van der Waals surface area contributed by atoms with Gasteiger partial charge in [-0.05, 0) is 64.2 Å². The van der Waals surface area contributed by atoms with Crippen molar-refractivity contribution in [2.45, 2.75) is 128 Å². The minimum absolute atomic E-state index is 0.0497. The Morgan fingerprint density at radius 3 is 2.47 bits per heavy atom. The highest BCUT2D eigenvalue weighted by molar-refractivity contribution is 5.83. The summed E-state index contributed by atoms with van der Waals surface area (Å²) in [4.78, 5) is 24.2. The normalized spacial score (nSPS) is 26.6. The summed E-state index contributed by atoms with van der Waals surface area (Å²) in [5.74, 6) is 2.77. The summed E-state index contributed by atoms with van der Waals surface area (Å²) < 4.78 is 4.19. The van der Waals surface area contributed by atoms with E-state index in [2.05, 4.69) is 50.7 Å². The predicted octanol–water partition coefficient (Wildman–Crippen LogP) is 5.23. The minimum atomic E-state index is -0.248. The SMILES string of the molecule is Cc1cn2nc([C@@H]3CCCCN3C(=O)C3CC4(CCCCCCCCC4)Cn4c(C)nnc43)cc2nc1N1CC[C@H](N)C1. The molecule has 3 atom stereocenters. The molecule has 1 unspecified atom stereocenters. The number of nitrogens with two attached hydrogens (primary N) is 1. The van der Waals surface area contributed by atoms with Crippen molar-refractivity contribution in [1.29, 1.82) is 0 Å². The molecule has 1 saturated carbocycles. The van der Waals surface area contributed by atoms with Crippen LogP contribution in [0.15, 0.2) is 12.3 Å². The number of aromatic nitrogens is 6. The van der Waals surface area contributed by atoms with Gasteiger partial charge in [-0.2, -0.15) is 5.10 Å². The zero-order valence-corrected chi connectivity index (χ0v) is 26.2. The highest BCUT2D eigenvalue weighted by Gasteiger charge is 2.46. The van der Waals surface area contributed by atoms with Gasteiger partial charge in [-0.1, -0.05) is 44.9 Å². The average molecular weight is 588 g/mol. The molecule has 1 aliphatic carbocycles. The fourth-order valence-electron chi connectivity index (χ4n) is 8.53. The number of aryl methyl sites for hydroxylation is 2. The monoisotopic (exact) mass is 587 g/mol. The van der Waals surface area contributed by atoms with E-state index in [-0.39, 0.29) is 29.3 Å². The number of nitrogens with zero attached hydrogens (tertiary/aromatic N) is 8. The van der Waals surface area contributed by atoms with E-state index in [9.17, 15) is 4.79 Å². The van der Waals surface area contributed by atoms with Gasteiger partial charge in [-0.15, -0.1) is 10.2 Å². The van der Waals surface area contributed by atoms with Gasteiger partial charge in [-0.3, -0.25) is 4.79 Å². The molecule has 2 N–H and O–H groups in total. The van der Waals surface area contributed by atoms with Crippen LogP contribution >= 0.6 is 0 Å². The number of rotatable bonds is 3. The topological polar surface area (TPSA) is 110 Å². The maximum Gasteiger partial charge on any atom is 0.233 e. The van der Waals surface area contributed by atoms with Crippen LogP contribution < -0.4 is 10.6 Å². The predicted molar refractivity (Wildman–Crippen MR) is 167 cm³/mol. The number of hydrogen-bond acceptors (Lipinski definition) is 7. The second-order valence-electron chi connectivity index (χ2n) is 14.1. The van der Waals surface area contributed by atoms with Crippen molar-refractivity contribution in [3.63, 3.8) is 0 Å². The molecule has 10 nitrogen and oxygen atoms in total. The summed E-state index contributed by atoms with van der Waals surface area (Å²) in [6, 6.07) is 2.25. The number of amides is 1. The Hall–Kier alpha value is -3.01. The first kappa shape index (κ1) is 28.7. The van der Waals surface area contributed by atoms with Crippen LogP contribution in [0, 0.1) is 19.3 Å². The Kier molecular flexibility index (Phi) is 7.90. The van der Waals surface area contributed by atoms with Gasteiger partial charge >= 0.3 is 0 Å². The summed E-state index contributed by atoms with van der Waals surface area (Å²) in [6.45, 7) is 7.64. The van der Waals surface area contributed by atoms with Gasteiger partial charge < -0.3 is 20.1 Å². The summed E-state index contributed by atoms with van der Waals surface area (Å²) >= 11 is 0. The third-order valence-corrected chi connectivity index (χ3v) is 10.9. The van der Waals surface area contributed by atoms with Gasteiger partial charge in [0, 0.05) is 50.0 Å². The number of carbonyl (C=O) groups is 1. The molecule has 1 amide bonds. The van der Waals surface area contributed by atoms with Crippen LogP contribution in [0.3, 0.4) is 0 Å². The summed E-state index contributed by atoms with van der Waals surface area (Å²) in [6.07, 6.45) is 18.5. The molecule has 0 bridgehead atoms. The van der Waals surface area contributed by atoms with Crippen molar-refractivity contribution < 1.29 is 4.79 Å². The highest BCUT2D eigenvalue weighted by atomic mass is 16.2. The Bertz CT molecular complexity index is 1450. The summed E-state index contributed by atoms with van der Waals surface area (Å²) in [5, 5.41) is 14.1. The minimum Gasteiger partial charge on any atom is -0.355 e. The molecule has 10 heteroatoms. The van der Waals surface area contributed by atoms with E-state index in [1.807, 2.05) is 4.52 Å². The number of anilines is 1. The van der Waals surface area contributed by atoms with Gasteiger partial charge in [0.15, 0.2) is 5.65 Å². The summed E-state index contributed by atoms with van der Waals surface area (Å²) in [7, 11) is 0. The van der Waals surface area contributed by atoms with E-state index in [1.54, 1.807) is 0 Å². The molecule has 1 spiro atoms. The van der Waals surface area contributed by atoms with Crippen LogP contribution in [0.1, 0.15) is 125 Å². The highest BCUT2D eigenvalue weighted by Crippen LogP contribution is 2.48. The fourth-order valence-corrected chi connectivity index (χ4v) is 8.53. The quantitative estimate of drug-likeness (QED) is 0.447. The molecule has 43 heavy (non-hydrogen) atoms. The number of fused-ring (bicyclic) bond motifs is 2. The van der Waals surface area contributed by atoms with Gasteiger partial charge in [-0.25, -0.2) is 9.50 Å². The third kappa shape index (κ3) is 5.56. The molecule has 0 radical (unpaired) electrons. The Morgan fingerprint density at radius 2 is 1.72 bits per heavy atom. The van der Waals surface area contributed by atoms with Crippen molar-refractivity contribution in [3.05, 3.63) is 35.2 Å². The van der Waals surface area contributed by atoms with Gasteiger partial charge in [0.25, 0.3) is 0 Å². The van der Waals surface area contributed by atoms with Crippen LogP contribution in [-0.4, -0.2) is 65.8 Å². The molecule has 3 aromatic heterocycles. The number of carbonyl (C=O) groups excluding carboxylic acids is 1. The molecule has 0 aromatic carbocycles. The van der Waals surface area contributed by atoms with E-state index in [0.717, 1.165) is 92.7 Å². The van der Waals surface area contributed by atoms with Crippen LogP contribution in [0.4, 0.5) is 5.82 Å². The first-order valence-electron chi connectivity index (χ1n) is 17.0. The van der Waals surface area contributed by atoms with Gasteiger partial charge in [0.2, 0.25) is 5.91 Å². The van der Waals surface area contributed by atoms with Gasteiger partial charge in [0.1, 0.15) is 17.5 Å². The van der Waals surface area contributed by atoms with E-state index in [4.69, 9.17) is 15.8 Å². The second kappa shape index (κ2) is 11.8. The van der Waals surface area contributed by atoms with Crippen LogP contribution in [0.2, 0.25) is 0 Å². The molecule has 3 aliphatic heterocycles. The number of piperidine rings is 1. The lowest BCUT2D eigenvalue weighted by molar-refractivity contribution is -0.139. The van der Waals surface area contributed by atoms with E-state index in [1.165, 1.54) is 57.8 Å². The average Bonchev–Trinajstić information content (AvgIpc) is 3.73. The molecule has 232 valence electrons. The molecule has 7 rings (SSSR count). The molecule has 3 fully saturated rings. The molecular weight excluding hydrogens is 538 g/mol. The van der Waals surface area contributed by atoms with Crippen molar-refractivity contribution >= 4 is 17.4 Å². The Balaban J connectivity index is 1.19. The Morgan fingerprint density at radius 1 is 0.953 bits per heavy atom. The Labute approximate surface area is 255 Å². The third-order valence-electron chi connectivity index (χ3n) is 10.9. The molecule has 2 saturated heterocycles. The lowest BCUT2D eigenvalue weighted by Gasteiger charge is -2.44. The molecule has 3 aromatic rings. The van der Waals surface area contributed by atoms with Crippen LogP contribution in [0.5, 0.6) is 0 Å². The van der Waals surface area contributed by atoms with E-state index in [0.29, 0.717) is 0 Å². The zero-order valence-electron chi connectivity index (χ0n) is 26.2. The fraction of sp³-hybridized carbons (Fsp3) is 0.727. The summed E-state index contributed by atoms with van der Waals surface area (Å²) in [5.41, 5.74) is 9.22. The molecule has 4 aliphatic rings. The molecule has 6 heterocycles. The standard InChI is InChI=1S/C33H49N9O/c1-23-20-42-29(35-30(23)39-17-13-25(34)21-39)18-27(38-42)28-12-8-11-16-40(28)32(43)26-19-33(22-41-24(2)36-37-31(26)41)14-9-6-4-3-5-7-10-15-33/h18,20,25-26,28H,3-17,19,21-22,34H2,1-2H3/t25-,26?,28-/m0/s1. The number of hydrogen-bond donors (Lipinski definition) is 1. The van der Waals surface area contributed by atoms with Crippen LogP contribution in [-0.2, 0) is 11.3 Å². The zero-order chi connectivity index (χ0) is 29.6. The maximum absolute atomic E-state index is 14.7. The van der Waals surface area contributed by atoms with Crippen molar-refractivity contribution in [2.24, 2.45) is 11.1 Å². The lowest BCUT2D eigenvalue weighted by Crippen LogP contribution is -2.46. The van der Waals surface area contributed by atoms with Crippen LogP contribution in [0.25, 0.3) is 5.65 Å². The van der Waals surface area contributed by atoms with E-state index >= 15 is 0 Å². The number of likely N-dealkylation sites (tertiary alicyclic amines) is 1. The van der Waals surface area contributed by atoms with Gasteiger partial charge in [0.05, 0.1) is 17.7 Å². The first-order chi connectivity index (χ1) is 20.9. The lowest BCUT2D eigenvalue weighted by atomic mass is 9.69. The second-order valence-corrected chi connectivity index (χ2v) is 14.1. The van der Waals surface area contributed by atoms with Crippen molar-refractivity contribution in [3.8, 4) is 0 Å². The first-order valence-corrected chi connectivity index (χ1v) is 17.0.